The molecule has 0 unspecified atom stereocenters. The lowest BCUT2D eigenvalue weighted by Gasteiger charge is -2.12. The Morgan fingerprint density at radius 3 is 2.67 bits per heavy atom. The molecule has 8 heteroatoms. The molecule has 4 aromatic rings. The third-order valence-electron chi connectivity index (χ3n) is 4.54. The van der Waals surface area contributed by atoms with Crippen molar-refractivity contribution in [2.45, 2.75) is 20.4 Å². The normalized spacial score (nSPS) is 10.9. The van der Waals surface area contributed by atoms with Crippen LogP contribution in [0.4, 0.5) is 0 Å². The van der Waals surface area contributed by atoms with Crippen LogP contribution in [0, 0.1) is 11.4 Å². The molecule has 4 rings (SSSR count). The van der Waals surface area contributed by atoms with Crippen LogP contribution in [0.1, 0.15) is 28.7 Å². The lowest BCUT2D eigenvalue weighted by atomic mass is 10.1. The van der Waals surface area contributed by atoms with Crippen LogP contribution in [0.2, 0.25) is 0 Å². The third-order valence-corrected chi connectivity index (χ3v) is 4.96. The number of pyridine rings is 3. The number of esters is 1. The van der Waals surface area contributed by atoms with Gasteiger partial charge in [0.25, 0.3) is 0 Å². The van der Waals surface area contributed by atoms with Crippen LogP contribution in [0.25, 0.3) is 22.3 Å². The van der Waals surface area contributed by atoms with Crippen molar-refractivity contribution in [3.8, 4) is 11.3 Å². The molecule has 4 aromatic heterocycles. The lowest BCUT2D eigenvalue weighted by Crippen LogP contribution is -2.16. The first-order valence-electron chi connectivity index (χ1n) is 9.47. The Bertz CT molecular complexity index is 1270. The van der Waals surface area contributed by atoms with Crippen LogP contribution >= 0.6 is 12.2 Å². The fourth-order valence-corrected chi connectivity index (χ4v) is 3.33. The highest BCUT2D eigenvalue weighted by Gasteiger charge is 2.17. The van der Waals surface area contributed by atoms with Gasteiger partial charge >= 0.3 is 5.97 Å². The summed E-state index contributed by atoms with van der Waals surface area (Å²) in [7, 11) is 0. The molecule has 0 aliphatic heterocycles. The Morgan fingerprint density at radius 2 is 1.97 bits per heavy atom. The van der Waals surface area contributed by atoms with Crippen LogP contribution in [-0.2, 0) is 11.3 Å². The number of aryl methyl sites for hydroxylation is 1. The molecule has 0 aromatic carbocycles. The summed E-state index contributed by atoms with van der Waals surface area (Å²) in [6.45, 7) is 4.32. The van der Waals surface area contributed by atoms with Gasteiger partial charge in [-0.2, -0.15) is 5.10 Å². The summed E-state index contributed by atoms with van der Waals surface area (Å²) in [5.41, 5.74) is 4.37. The van der Waals surface area contributed by atoms with E-state index in [1.54, 1.807) is 36.3 Å². The van der Waals surface area contributed by atoms with Crippen LogP contribution in [0.15, 0.2) is 55.0 Å². The second-order valence-corrected chi connectivity index (χ2v) is 7.08. The molecule has 0 spiro atoms. The summed E-state index contributed by atoms with van der Waals surface area (Å²) >= 11 is 5.45. The van der Waals surface area contributed by atoms with Crippen molar-refractivity contribution in [1.82, 2.24) is 24.7 Å². The molecular weight excluding hydrogens is 398 g/mol. The van der Waals surface area contributed by atoms with Crippen LogP contribution in [-0.4, -0.2) is 37.3 Å². The summed E-state index contributed by atoms with van der Waals surface area (Å²) in [6, 6.07) is 11.5. The van der Waals surface area contributed by atoms with Crippen molar-refractivity contribution in [2.75, 3.05) is 6.61 Å². The molecule has 0 radical (unpaired) electrons. The van der Waals surface area contributed by atoms with Crippen molar-refractivity contribution < 1.29 is 9.53 Å². The Labute approximate surface area is 178 Å². The fraction of sp³-hybridized carbons (Fsp3) is 0.182. The zero-order chi connectivity index (χ0) is 21.1. The molecule has 0 aliphatic rings. The van der Waals surface area contributed by atoms with Gasteiger partial charge < -0.3 is 4.74 Å². The second-order valence-electron chi connectivity index (χ2n) is 6.67. The van der Waals surface area contributed by atoms with E-state index in [1.165, 1.54) is 0 Å². The maximum Gasteiger partial charge on any atom is 0.360 e. The highest BCUT2D eigenvalue weighted by Crippen LogP contribution is 2.19. The molecule has 0 atom stereocenters. The van der Waals surface area contributed by atoms with Gasteiger partial charge in [-0.1, -0.05) is 18.3 Å². The fourth-order valence-electron chi connectivity index (χ4n) is 3.05. The first kappa shape index (κ1) is 19.8. The molecule has 0 amide bonds. The van der Waals surface area contributed by atoms with E-state index in [2.05, 4.69) is 20.1 Å². The van der Waals surface area contributed by atoms with Gasteiger partial charge in [0.05, 0.1) is 23.4 Å². The molecule has 7 nitrogen and oxygen atoms in total. The summed E-state index contributed by atoms with van der Waals surface area (Å²) < 4.78 is 7.11. The zero-order valence-electron chi connectivity index (χ0n) is 16.6. The highest BCUT2D eigenvalue weighted by molar-refractivity contribution is 7.71. The van der Waals surface area contributed by atoms with E-state index in [0.717, 1.165) is 22.5 Å². The Morgan fingerprint density at radius 1 is 1.10 bits per heavy atom. The Balaban J connectivity index is 1.71. The van der Waals surface area contributed by atoms with Gasteiger partial charge in [-0.15, -0.1) is 0 Å². The van der Waals surface area contributed by atoms with Crippen LogP contribution < -0.4 is 0 Å². The van der Waals surface area contributed by atoms with Crippen molar-refractivity contribution >= 4 is 29.2 Å². The summed E-state index contributed by atoms with van der Waals surface area (Å²) in [5, 5.41) is 5.12. The predicted molar refractivity (Wildman–Crippen MR) is 116 cm³/mol. The van der Waals surface area contributed by atoms with E-state index in [9.17, 15) is 4.79 Å². The first-order valence-corrected chi connectivity index (χ1v) is 9.88. The lowest BCUT2D eigenvalue weighted by molar-refractivity contribution is 0.0516. The maximum absolute atomic E-state index is 12.3. The van der Waals surface area contributed by atoms with Gasteiger partial charge in [-0.05, 0) is 49.7 Å². The van der Waals surface area contributed by atoms with Gasteiger partial charge in [0.1, 0.15) is 0 Å². The first-order chi connectivity index (χ1) is 14.6. The standard InChI is InChI=1S/C22H19N5O2S/c1-3-29-22(28)19-20(30)17-5-4-10-23-21(17)27(26-19)13-15-7-9-18(25-11-15)16-8-6-14(2)24-12-16/h4-12H,3,13H2,1-2H3. The van der Waals surface area contributed by atoms with Gasteiger partial charge in [-0.3, -0.25) is 9.97 Å². The average Bonchev–Trinajstić information content (AvgIpc) is 2.77. The molecular formula is C22H19N5O2S. The summed E-state index contributed by atoms with van der Waals surface area (Å²) in [4.78, 5) is 25.6. The monoisotopic (exact) mass is 417 g/mol. The number of ether oxygens (including phenoxy) is 1. The number of carbonyl (C=O) groups excluding carboxylic acids is 1. The summed E-state index contributed by atoms with van der Waals surface area (Å²) in [6.07, 6.45) is 5.26. The van der Waals surface area contributed by atoms with Gasteiger partial charge in [-0.25, -0.2) is 14.5 Å². The minimum Gasteiger partial charge on any atom is -0.461 e. The van der Waals surface area contributed by atoms with Crippen molar-refractivity contribution in [2.24, 2.45) is 0 Å². The predicted octanol–water partition coefficient (Wildman–Crippen LogP) is 4.15. The number of nitrogens with zero attached hydrogens (tertiary/aromatic N) is 5. The number of carbonyl (C=O) groups is 1. The number of hydrogen-bond acceptors (Lipinski definition) is 7. The number of fused-ring (bicyclic) bond motifs is 1. The van der Waals surface area contributed by atoms with E-state index >= 15 is 0 Å². The van der Waals surface area contributed by atoms with E-state index in [4.69, 9.17) is 17.0 Å². The molecule has 150 valence electrons. The number of rotatable bonds is 5. The Hall–Kier alpha value is -3.52. The highest BCUT2D eigenvalue weighted by atomic mass is 32.1. The zero-order valence-corrected chi connectivity index (χ0v) is 17.4. The van der Waals surface area contributed by atoms with E-state index in [1.807, 2.05) is 37.3 Å². The SMILES string of the molecule is CCOC(=O)c1nn(Cc2ccc(-c3ccc(C)nc3)nc2)c2ncccc2c1=S. The quantitative estimate of drug-likeness (QED) is 0.356. The average molecular weight is 417 g/mol. The van der Waals surface area contributed by atoms with Crippen molar-refractivity contribution in [1.29, 1.82) is 0 Å². The van der Waals surface area contributed by atoms with Crippen LogP contribution in [0.5, 0.6) is 0 Å². The maximum atomic E-state index is 12.3. The van der Waals surface area contributed by atoms with Crippen LogP contribution in [0.3, 0.4) is 0 Å². The van der Waals surface area contributed by atoms with Crippen molar-refractivity contribution in [3.05, 3.63) is 76.5 Å². The van der Waals surface area contributed by atoms with E-state index in [-0.39, 0.29) is 12.3 Å². The minimum atomic E-state index is -0.539. The molecule has 0 saturated carbocycles. The minimum absolute atomic E-state index is 0.114. The Kier molecular flexibility index (Phi) is 5.58. The molecule has 30 heavy (non-hydrogen) atoms. The molecule has 0 fully saturated rings. The number of hydrogen-bond donors (Lipinski definition) is 0. The second kappa shape index (κ2) is 8.46. The smallest absolute Gasteiger partial charge is 0.360 e. The van der Waals surface area contributed by atoms with E-state index < -0.39 is 5.97 Å². The van der Waals surface area contributed by atoms with Gasteiger partial charge in [0.2, 0.25) is 0 Å². The third kappa shape index (κ3) is 3.95. The van der Waals surface area contributed by atoms with Gasteiger partial charge in [0.15, 0.2) is 11.3 Å². The molecule has 0 saturated heterocycles. The molecule has 4 heterocycles. The molecule has 0 aliphatic carbocycles. The number of aromatic nitrogens is 5. The molecule has 0 bridgehead atoms. The topological polar surface area (TPSA) is 82.8 Å². The van der Waals surface area contributed by atoms with Crippen molar-refractivity contribution in [3.63, 3.8) is 0 Å². The largest absolute Gasteiger partial charge is 0.461 e. The van der Waals surface area contributed by atoms with E-state index in [0.29, 0.717) is 22.1 Å². The molecule has 0 N–H and O–H groups in total. The summed E-state index contributed by atoms with van der Waals surface area (Å²) in [5.74, 6) is -0.539. The van der Waals surface area contributed by atoms with Gasteiger partial charge in [0, 0.05) is 35.2 Å².